The van der Waals surface area contributed by atoms with Gasteiger partial charge in [-0.15, -0.1) is 0 Å². The highest BCUT2D eigenvalue weighted by Crippen LogP contribution is 2.18. The maximum absolute atomic E-state index is 11.1. The second-order valence-electron chi connectivity index (χ2n) is 3.30. The first-order valence-corrected chi connectivity index (χ1v) is 4.50. The molecule has 0 spiro atoms. The number of carbonyl (C=O) groups excluding carboxylic acids is 1. The van der Waals surface area contributed by atoms with E-state index in [1.54, 1.807) is 7.05 Å². The molecule has 0 aromatic heterocycles. The number of urea groups is 1. The summed E-state index contributed by atoms with van der Waals surface area (Å²) in [5, 5.41) is 5.40. The van der Waals surface area contributed by atoms with E-state index in [0.29, 0.717) is 19.8 Å². The molecular weight excluding hydrogens is 170 g/mol. The Labute approximate surface area is 78.0 Å². The van der Waals surface area contributed by atoms with Crippen molar-refractivity contribution in [3.8, 4) is 0 Å². The smallest absolute Gasteiger partial charge is 0.315 e. The van der Waals surface area contributed by atoms with Crippen LogP contribution in [-0.4, -0.2) is 38.4 Å². The maximum atomic E-state index is 11.1. The molecule has 5 heteroatoms. The Morgan fingerprint density at radius 1 is 1.54 bits per heavy atom. The first kappa shape index (κ1) is 10.3. The zero-order valence-electron chi connectivity index (χ0n) is 7.93. The van der Waals surface area contributed by atoms with Crippen molar-refractivity contribution in [2.45, 2.75) is 18.4 Å². The second-order valence-corrected chi connectivity index (χ2v) is 3.30. The van der Waals surface area contributed by atoms with E-state index in [0.717, 1.165) is 12.8 Å². The molecule has 5 nitrogen and oxygen atoms in total. The predicted octanol–water partition coefficient (Wildman–Crippen LogP) is -0.577. The minimum atomic E-state index is -0.266. The molecular formula is C8H17N3O2. The SMILES string of the molecule is CNC(=O)NC1(CN)CCOCC1. The van der Waals surface area contributed by atoms with Crippen LogP contribution in [-0.2, 0) is 4.74 Å². The van der Waals surface area contributed by atoms with Gasteiger partial charge < -0.3 is 21.1 Å². The van der Waals surface area contributed by atoms with Gasteiger partial charge in [-0.2, -0.15) is 0 Å². The van der Waals surface area contributed by atoms with Gasteiger partial charge in [-0.25, -0.2) is 4.79 Å². The van der Waals surface area contributed by atoms with Gasteiger partial charge >= 0.3 is 6.03 Å². The largest absolute Gasteiger partial charge is 0.381 e. The molecule has 1 fully saturated rings. The molecule has 4 N–H and O–H groups in total. The Morgan fingerprint density at radius 3 is 2.62 bits per heavy atom. The molecule has 0 radical (unpaired) electrons. The van der Waals surface area contributed by atoms with Crippen LogP contribution in [0.25, 0.3) is 0 Å². The molecule has 1 saturated heterocycles. The summed E-state index contributed by atoms with van der Waals surface area (Å²) >= 11 is 0. The van der Waals surface area contributed by atoms with Gasteiger partial charge in [0.25, 0.3) is 0 Å². The molecule has 13 heavy (non-hydrogen) atoms. The van der Waals surface area contributed by atoms with Crippen molar-refractivity contribution in [1.82, 2.24) is 10.6 Å². The summed E-state index contributed by atoms with van der Waals surface area (Å²) in [6.45, 7) is 1.80. The van der Waals surface area contributed by atoms with E-state index in [1.165, 1.54) is 0 Å². The number of nitrogens with two attached hydrogens (primary N) is 1. The normalized spacial score (nSPS) is 20.8. The van der Waals surface area contributed by atoms with Gasteiger partial charge in [0.2, 0.25) is 0 Å². The van der Waals surface area contributed by atoms with Gasteiger partial charge in [0.15, 0.2) is 0 Å². The van der Waals surface area contributed by atoms with Gasteiger partial charge in [-0.3, -0.25) is 0 Å². The van der Waals surface area contributed by atoms with Crippen LogP contribution in [0, 0.1) is 0 Å². The highest BCUT2D eigenvalue weighted by molar-refractivity contribution is 5.74. The van der Waals surface area contributed by atoms with Crippen LogP contribution < -0.4 is 16.4 Å². The highest BCUT2D eigenvalue weighted by atomic mass is 16.5. The quantitative estimate of drug-likeness (QED) is 0.541. The van der Waals surface area contributed by atoms with Gasteiger partial charge in [-0.1, -0.05) is 0 Å². The summed E-state index contributed by atoms with van der Waals surface area (Å²) < 4.78 is 5.21. The summed E-state index contributed by atoms with van der Waals surface area (Å²) in [5.74, 6) is 0. The lowest BCUT2D eigenvalue weighted by Gasteiger charge is -2.36. The lowest BCUT2D eigenvalue weighted by molar-refractivity contribution is 0.0456. The van der Waals surface area contributed by atoms with E-state index >= 15 is 0 Å². The fraction of sp³-hybridized carbons (Fsp3) is 0.875. The van der Waals surface area contributed by atoms with Crippen molar-refractivity contribution >= 4 is 6.03 Å². The summed E-state index contributed by atoms with van der Waals surface area (Å²) in [4.78, 5) is 11.1. The van der Waals surface area contributed by atoms with Crippen LogP contribution >= 0.6 is 0 Å². The van der Waals surface area contributed by atoms with Crippen LogP contribution in [0.3, 0.4) is 0 Å². The molecule has 1 aliphatic rings. The number of carbonyl (C=O) groups is 1. The number of ether oxygens (including phenoxy) is 1. The first-order valence-electron chi connectivity index (χ1n) is 4.50. The molecule has 1 heterocycles. The van der Waals surface area contributed by atoms with Crippen molar-refractivity contribution in [3.63, 3.8) is 0 Å². The standard InChI is InChI=1S/C8H17N3O2/c1-10-7(12)11-8(6-9)2-4-13-5-3-8/h2-6,9H2,1H3,(H2,10,11,12). The van der Waals surface area contributed by atoms with Crippen LogP contribution in [0.1, 0.15) is 12.8 Å². The van der Waals surface area contributed by atoms with E-state index in [4.69, 9.17) is 10.5 Å². The molecule has 2 amide bonds. The van der Waals surface area contributed by atoms with Crippen LogP contribution in [0.5, 0.6) is 0 Å². The number of nitrogens with one attached hydrogen (secondary N) is 2. The topological polar surface area (TPSA) is 76.4 Å². The molecule has 0 aromatic rings. The van der Waals surface area contributed by atoms with Gasteiger partial charge in [0.05, 0.1) is 5.54 Å². The molecule has 0 atom stereocenters. The number of rotatable bonds is 2. The zero-order chi connectivity index (χ0) is 9.73. The predicted molar refractivity (Wildman–Crippen MR) is 49.4 cm³/mol. The maximum Gasteiger partial charge on any atom is 0.315 e. The minimum absolute atomic E-state index is 0.174. The van der Waals surface area contributed by atoms with E-state index < -0.39 is 0 Å². The van der Waals surface area contributed by atoms with Crippen molar-refractivity contribution < 1.29 is 9.53 Å². The molecule has 0 bridgehead atoms. The van der Waals surface area contributed by atoms with Crippen molar-refractivity contribution in [3.05, 3.63) is 0 Å². The second kappa shape index (κ2) is 4.43. The van der Waals surface area contributed by atoms with Gasteiger partial charge in [-0.05, 0) is 12.8 Å². The first-order chi connectivity index (χ1) is 6.22. The Hall–Kier alpha value is -0.810. The van der Waals surface area contributed by atoms with E-state index in [1.807, 2.05) is 0 Å². The molecule has 0 unspecified atom stereocenters. The Morgan fingerprint density at radius 2 is 2.15 bits per heavy atom. The Bertz CT molecular complexity index is 178. The van der Waals surface area contributed by atoms with E-state index in [2.05, 4.69) is 10.6 Å². The van der Waals surface area contributed by atoms with Crippen LogP contribution in [0.4, 0.5) is 4.79 Å². The lowest BCUT2D eigenvalue weighted by atomic mass is 9.90. The minimum Gasteiger partial charge on any atom is -0.381 e. The highest BCUT2D eigenvalue weighted by Gasteiger charge is 2.32. The summed E-state index contributed by atoms with van der Waals surface area (Å²) in [5.41, 5.74) is 5.38. The number of hydrogen-bond donors (Lipinski definition) is 3. The molecule has 1 rings (SSSR count). The zero-order valence-corrected chi connectivity index (χ0v) is 7.93. The monoisotopic (exact) mass is 187 g/mol. The lowest BCUT2D eigenvalue weighted by Crippen LogP contribution is -2.58. The molecule has 0 saturated carbocycles. The fourth-order valence-corrected chi connectivity index (χ4v) is 1.45. The van der Waals surface area contributed by atoms with Gasteiger partial charge in [0.1, 0.15) is 0 Å². The van der Waals surface area contributed by atoms with Crippen molar-refractivity contribution in [2.75, 3.05) is 26.8 Å². The third kappa shape index (κ3) is 2.57. The summed E-state index contributed by atoms with van der Waals surface area (Å²) in [6, 6.07) is -0.174. The number of amides is 2. The number of hydrogen-bond acceptors (Lipinski definition) is 3. The molecule has 0 aromatic carbocycles. The fourth-order valence-electron chi connectivity index (χ4n) is 1.45. The van der Waals surface area contributed by atoms with Crippen LogP contribution in [0.15, 0.2) is 0 Å². The Kier molecular flexibility index (Phi) is 3.50. The third-order valence-electron chi connectivity index (χ3n) is 2.45. The summed E-state index contributed by atoms with van der Waals surface area (Å²) in [7, 11) is 1.60. The van der Waals surface area contributed by atoms with E-state index in [9.17, 15) is 4.79 Å². The molecule has 0 aliphatic carbocycles. The van der Waals surface area contributed by atoms with Crippen LogP contribution in [0.2, 0.25) is 0 Å². The van der Waals surface area contributed by atoms with Crippen molar-refractivity contribution in [2.24, 2.45) is 5.73 Å². The summed E-state index contributed by atoms with van der Waals surface area (Å²) in [6.07, 6.45) is 1.58. The Balaban J connectivity index is 2.52. The van der Waals surface area contributed by atoms with Crippen molar-refractivity contribution in [1.29, 1.82) is 0 Å². The van der Waals surface area contributed by atoms with E-state index in [-0.39, 0.29) is 11.6 Å². The average Bonchev–Trinajstić information content (AvgIpc) is 2.19. The van der Waals surface area contributed by atoms with Gasteiger partial charge in [0, 0.05) is 26.8 Å². The third-order valence-corrected chi connectivity index (χ3v) is 2.45. The molecule has 1 aliphatic heterocycles. The molecule has 76 valence electrons. The average molecular weight is 187 g/mol.